The zero-order chi connectivity index (χ0) is 7.11. The van der Waals surface area contributed by atoms with Gasteiger partial charge in [-0.1, -0.05) is 42.9 Å². The van der Waals surface area contributed by atoms with E-state index in [1.807, 2.05) is 0 Å². The van der Waals surface area contributed by atoms with Gasteiger partial charge >= 0.3 is 0 Å². The number of unbranched alkanes of at least 4 members (excludes halogenated alkanes) is 1. The predicted molar refractivity (Wildman–Crippen MR) is 51.0 cm³/mol. The minimum atomic E-state index is 1.17. The molecule has 0 saturated carbocycles. The lowest BCUT2D eigenvalue weighted by Crippen LogP contribution is -2.22. The van der Waals surface area contributed by atoms with Crippen molar-refractivity contribution < 1.29 is 0 Å². The van der Waals surface area contributed by atoms with E-state index in [1.54, 1.807) is 0 Å². The maximum Gasteiger partial charge on any atom is 0.0505 e. The minimum absolute atomic E-state index is 1.17. The second-order valence-electron chi connectivity index (χ2n) is 2.18. The van der Waals surface area contributed by atoms with Crippen molar-refractivity contribution >= 4 is 22.6 Å². The number of rotatable bonds is 5. The lowest BCUT2D eigenvalue weighted by Gasteiger charge is -2.15. The second-order valence-corrected chi connectivity index (χ2v) is 2.87. The molecule has 0 fully saturated rings. The third-order valence-electron chi connectivity index (χ3n) is 1.44. The van der Waals surface area contributed by atoms with Crippen LogP contribution >= 0.6 is 22.6 Å². The van der Waals surface area contributed by atoms with Gasteiger partial charge in [-0.05, 0) is 19.5 Å². The molecule has 0 aromatic carbocycles. The van der Waals surface area contributed by atoms with Gasteiger partial charge in [-0.25, -0.2) is 0 Å². The standard InChI is InChI=1S/C7H16IN/c1-3-5-6-9(4-2)7-8/h3-7H2,1-2H3. The molecule has 0 radical (unpaired) electrons. The van der Waals surface area contributed by atoms with Crippen molar-refractivity contribution in [2.75, 3.05) is 17.6 Å². The topological polar surface area (TPSA) is 3.24 Å². The number of halogens is 1. The molecule has 0 atom stereocenters. The van der Waals surface area contributed by atoms with Gasteiger partial charge in [-0.2, -0.15) is 0 Å². The molecule has 2 heteroatoms. The van der Waals surface area contributed by atoms with Crippen molar-refractivity contribution in [1.29, 1.82) is 0 Å². The Balaban J connectivity index is 3.09. The third-order valence-corrected chi connectivity index (χ3v) is 2.41. The Bertz CT molecular complexity index is 52.9. The fraction of sp³-hybridized carbons (Fsp3) is 1.00. The number of hydrogen-bond donors (Lipinski definition) is 0. The van der Waals surface area contributed by atoms with Gasteiger partial charge in [0.1, 0.15) is 0 Å². The van der Waals surface area contributed by atoms with Crippen LogP contribution in [0.5, 0.6) is 0 Å². The van der Waals surface area contributed by atoms with Gasteiger partial charge in [0.2, 0.25) is 0 Å². The lowest BCUT2D eigenvalue weighted by molar-refractivity contribution is 0.339. The molecule has 0 aliphatic carbocycles. The average Bonchev–Trinajstić information content (AvgIpc) is 1.91. The highest BCUT2D eigenvalue weighted by atomic mass is 127. The zero-order valence-corrected chi connectivity index (χ0v) is 8.52. The summed E-state index contributed by atoms with van der Waals surface area (Å²) in [5.41, 5.74) is 0. The van der Waals surface area contributed by atoms with Crippen molar-refractivity contribution in [2.45, 2.75) is 26.7 Å². The van der Waals surface area contributed by atoms with E-state index < -0.39 is 0 Å². The van der Waals surface area contributed by atoms with Crippen molar-refractivity contribution in [2.24, 2.45) is 0 Å². The van der Waals surface area contributed by atoms with Crippen LogP contribution in [-0.4, -0.2) is 22.5 Å². The van der Waals surface area contributed by atoms with Crippen LogP contribution in [0.25, 0.3) is 0 Å². The summed E-state index contributed by atoms with van der Waals surface area (Å²) < 4.78 is 1.17. The monoisotopic (exact) mass is 241 g/mol. The van der Waals surface area contributed by atoms with Gasteiger partial charge in [0.05, 0.1) is 4.55 Å². The highest BCUT2D eigenvalue weighted by Gasteiger charge is 1.95. The average molecular weight is 241 g/mol. The molecule has 9 heavy (non-hydrogen) atoms. The van der Waals surface area contributed by atoms with Gasteiger partial charge in [0.25, 0.3) is 0 Å². The van der Waals surface area contributed by atoms with Gasteiger partial charge in [-0.3, -0.25) is 4.90 Å². The molecule has 0 heterocycles. The molecule has 0 spiro atoms. The Hall–Kier alpha value is 0.690. The Morgan fingerprint density at radius 3 is 2.33 bits per heavy atom. The van der Waals surface area contributed by atoms with Crippen LogP contribution in [0.1, 0.15) is 26.7 Å². The van der Waals surface area contributed by atoms with E-state index in [2.05, 4.69) is 41.3 Å². The molecule has 0 saturated heterocycles. The summed E-state index contributed by atoms with van der Waals surface area (Å²) in [7, 11) is 0. The smallest absolute Gasteiger partial charge is 0.0505 e. The van der Waals surface area contributed by atoms with Crippen molar-refractivity contribution in [1.82, 2.24) is 4.90 Å². The number of alkyl halides is 1. The summed E-state index contributed by atoms with van der Waals surface area (Å²) in [6.07, 6.45) is 2.66. The first-order valence-corrected chi connectivity index (χ1v) is 5.16. The molecular weight excluding hydrogens is 225 g/mol. The molecule has 0 unspecified atom stereocenters. The zero-order valence-electron chi connectivity index (χ0n) is 6.36. The summed E-state index contributed by atoms with van der Waals surface area (Å²) in [5.74, 6) is 0. The van der Waals surface area contributed by atoms with E-state index in [9.17, 15) is 0 Å². The lowest BCUT2D eigenvalue weighted by atomic mass is 10.3. The van der Waals surface area contributed by atoms with Crippen LogP contribution in [0.4, 0.5) is 0 Å². The van der Waals surface area contributed by atoms with E-state index in [4.69, 9.17) is 0 Å². The van der Waals surface area contributed by atoms with Gasteiger partial charge in [-0.15, -0.1) is 0 Å². The summed E-state index contributed by atoms with van der Waals surface area (Å²) in [6.45, 7) is 6.92. The molecular formula is C7H16IN. The summed E-state index contributed by atoms with van der Waals surface area (Å²) >= 11 is 2.42. The van der Waals surface area contributed by atoms with E-state index >= 15 is 0 Å². The van der Waals surface area contributed by atoms with Gasteiger partial charge < -0.3 is 0 Å². The Morgan fingerprint density at radius 2 is 2.00 bits per heavy atom. The second kappa shape index (κ2) is 6.81. The summed E-state index contributed by atoms with van der Waals surface area (Å²) in [5, 5.41) is 0. The number of nitrogens with zero attached hydrogens (tertiary/aromatic N) is 1. The van der Waals surface area contributed by atoms with E-state index in [1.165, 1.54) is 30.5 Å². The first-order chi connectivity index (χ1) is 4.35. The van der Waals surface area contributed by atoms with Crippen LogP contribution in [-0.2, 0) is 0 Å². The molecule has 0 amide bonds. The molecule has 0 bridgehead atoms. The van der Waals surface area contributed by atoms with Crippen LogP contribution in [0.2, 0.25) is 0 Å². The molecule has 0 N–H and O–H groups in total. The van der Waals surface area contributed by atoms with Crippen LogP contribution in [0.15, 0.2) is 0 Å². The molecule has 0 aliphatic rings. The van der Waals surface area contributed by atoms with E-state index in [0.29, 0.717) is 0 Å². The molecule has 0 rings (SSSR count). The number of hydrogen-bond acceptors (Lipinski definition) is 1. The molecule has 56 valence electrons. The molecule has 0 aromatic heterocycles. The maximum absolute atomic E-state index is 2.45. The van der Waals surface area contributed by atoms with Gasteiger partial charge in [0.15, 0.2) is 0 Å². The largest absolute Gasteiger partial charge is 0.294 e. The van der Waals surface area contributed by atoms with E-state index in [-0.39, 0.29) is 0 Å². The maximum atomic E-state index is 2.45. The Labute approximate surface area is 72.0 Å². The molecule has 1 nitrogen and oxygen atoms in total. The van der Waals surface area contributed by atoms with Crippen LogP contribution in [0, 0.1) is 0 Å². The SMILES string of the molecule is CCCCN(CC)CI. The Kier molecular flexibility index (Phi) is 7.33. The fourth-order valence-electron chi connectivity index (χ4n) is 0.684. The summed E-state index contributed by atoms with van der Waals surface area (Å²) in [4.78, 5) is 2.45. The highest BCUT2D eigenvalue weighted by molar-refractivity contribution is 14.1. The fourth-order valence-corrected chi connectivity index (χ4v) is 1.51. The normalized spacial score (nSPS) is 10.7. The van der Waals surface area contributed by atoms with Crippen molar-refractivity contribution in [3.63, 3.8) is 0 Å². The first-order valence-electron chi connectivity index (χ1n) is 3.63. The van der Waals surface area contributed by atoms with Gasteiger partial charge in [0, 0.05) is 0 Å². The molecule has 0 aliphatic heterocycles. The van der Waals surface area contributed by atoms with E-state index in [0.717, 1.165) is 0 Å². The molecule has 0 aromatic rings. The quantitative estimate of drug-likeness (QED) is 0.406. The van der Waals surface area contributed by atoms with Crippen molar-refractivity contribution in [3.8, 4) is 0 Å². The summed E-state index contributed by atoms with van der Waals surface area (Å²) in [6, 6.07) is 0. The van der Waals surface area contributed by atoms with Crippen LogP contribution in [0.3, 0.4) is 0 Å². The minimum Gasteiger partial charge on any atom is -0.294 e. The highest BCUT2D eigenvalue weighted by Crippen LogP contribution is 1.96. The Morgan fingerprint density at radius 1 is 1.33 bits per heavy atom. The first kappa shape index (κ1) is 9.69. The third kappa shape index (κ3) is 5.15. The van der Waals surface area contributed by atoms with Crippen molar-refractivity contribution in [3.05, 3.63) is 0 Å². The predicted octanol–water partition coefficient (Wildman–Crippen LogP) is 2.50. The van der Waals surface area contributed by atoms with Crippen LogP contribution < -0.4 is 0 Å².